The van der Waals surface area contributed by atoms with Gasteiger partial charge in [-0.05, 0) is 43.5 Å². The predicted octanol–water partition coefficient (Wildman–Crippen LogP) is 2.30. The van der Waals surface area contributed by atoms with Gasteiger partial charge in [0.25, 0.3) is 0 Å². The highest BCUT2D eigenvalue weighted by atomic mass is 32.1. The van der Waals surface area contributed by atoms with E-state index in [-0.39, 0.29) is 10.8 Å². The molecule has 2 rings (SSSR count). The molecule has 0 aliphatic heterocycles. The second-order valence-electron chi connectivity index (χ2n) is 4.81. The molecule has 1 fully saturated rings. The third-order valence-electron chi connectivity index (χ3n) is 3.04. The summed E-state index contributed by atoms with van der Waals surface area (Å²) in [7, 11) is 2.07. The number of benzene rings is 1. The average molecular weight is 252 g/mol. The minimum absolute atomic E-state index is 0.263. The van der Waals surface area contributed by atoms with Gasteiger partial charge in [0.05, 0.1) is 0 Å². The Morgan fingerprint density at radius 1 is 1.53 bits per heavy atom. The zero-order valence-corrected chi connectivity index (χ0v) is 10.8. The molecule has 1 aliphatic carbocycles. The van der Waals surface area contributed by atoms with Crippen molar-refractivity contribution < 1.29 is 4.39 Å². The summed E-state index contributed by atoms with van der Waals surface area (Å²) in [5.41, 5.74) is 7.28. The molecule has 0 bridgehead atoms. The molecule has 1 aromatic carbocycles. The normalized spacial score (nSPS) is 15.2. The first-order valence-corrected chi connectivity index (χ1v) is 6.24. The van der Waals surface area contributed by atoms with Crippen LogP contribution >= 0.6 is 12.2 Å². The first-order chi connectivity index (χ1) is 8.06. The van der Waals surface area contributed by atoms with Crippen LogP contribution in [0.5, 0.6) is 0 Å². The molecule has 0 heterocycles. The maximum absolute atomic E-state index is 13.1. The van der Waals surface area contributed by atoms with Crippen LogP contribution in [0.4, 0.5) is 4.39 Å². The van der Waals surface area contributed by atoms with Gasteiger partial charge in [-0.15, -0.1) is 0 Å². The first-order valence-electron chi connectivity index (χ1n) is 5.83. The standard InChI is InChI=1S/C13H17FN2S/c1-16(7-9-2-3-9)8-10-4-5-11(14)6-12(10)13(15)17/h4-6,9H,2-3,7-8H2,1H3,(H2,15,17). The lowest BCUT2D eigenvalue weighted by Crippen LogP contribution is -2.23. The number of hydrogen-bond donors (Lipinski definition) is 1. The van der Waals surface area contributed by atoms with Crippen molar-refractivity contribution in [1.82, 2.24) is 4.90 Å². The van der Waals surface area contributed by atoms with Crippen LogP contribution in [0.2, 0.25) is 0 Å². The molecule has 0 aromatic heterocycles. The fourth-order valence-electron chi connectivity index (χ4n) is 2.01. The molecule has 2 nitrogen and oxygen atoms in total. The van der Waals surface area contributed by atoms with E-state index < -0.39 is 0 Å². The van der Waals surface area contributed by atoms with Crippen molar-refractivity contribution in [3.63, 3.8) is 0 Å². The zero-order chi connectivity index (χ0) is 12.4. The van der Waals surface area contributed by atoms with E-state index in [1.807, 2.05) is 0 Å². The Morgan fingerprint density at radius 3 is 2.82 bits per heavy atom. The van der Waals surface area contributed by atoms with Crippen molar-refractivity contribution in [3.05, 3.63) is 35.1 Å². The average Bonchev–Trinajstić information content (AvgIpc) is 3.04. The summed E-state index contributed by atoms with van der Waals surface area (Å²) in [6, 6.07) is 4.65. The summed E-state index contributed by atoms with van der Waals surface area (Å²) in [6.07, 6.45) is 2.66. The van der Waals surface area contributed by atoms with E-state index in [2.05, 4.69) is 11.9 Å². The number of halogens is 1. The number of nitrogens with two attached hydrogens (primary N) is 1. The Labute approximate surface area is 107 Å². The summed E-state index contributed by atoms with van der Waals surface area (Å²) < 4.78 is 13.1. The van der Waals surface area contributed by atoms with Crippen LogP contribution in [0.3, 0.4) is 0 Å². The lowest BCUT2D eigenvalue weighted by molar-refractivity contribution is 0.313. The third kappa shape index (κ3) is 3.48. The second-order valence-corrected chi connectivity index (χ2v) is 5.25. The Balaban J connectivity index is 2.10. The van der Waals surface area contributed by atoms with Crippen LogP contribution in [-0.4, -0.2) is 23.5 Å². The SMILES string of the molecule is CN(Cc1ccc(F)cc1C(N)=S)CC1CC1. The molecule has 0 atom stereocenters. The molecule has 0 spiro atoms. The largest absolute Gasteiger partial charge is 0.389 e. The molecule has 17 heavy (non-hydrogen) atoms. The van der Waals surface area contributed by atoms with Gasteiger partial charge in [0.15, 0.2) is 0 Å². The third-order valence-corrected chi connectivity index (χ3v) is 3.26. The van der Waals surface area contributed by atoms with Crippen LogP contribution in [0.15, 0.2) is 18.2 Å². The maximum atomic E-state index is 13.1. The van der Waals surface area contributed by atoms with E-state index >= 15 is 0 Å². The highest BCUT2D eigenvalue weighted by Gasteiger charge is 2.23. The van der Waals surface area contributed by atoms with E-state index in [4.69, 9.17) is 18.0 Å². The molecule has 0 amide bonds. The molecule has 1 saturated carbocycles. The minimum Gasteiger partial charge on any atom is -0.389 e. The van der Waals surface area contributed by atoms with Crippen LogP contribution < -0.4 is 5.73 Å². The van der Waals surface area contributed by atoms with Gasteiger partial charge in [-0.1, -0.05) is 18.3 Å². The van der Waals surface area contributed by atoms with Crippen LogP contribution in [0, 0.1) is 11.7 Å². The molecular weight excluding hydrogens is 235 g/mol. The molecule has 0 unspecified atom stereocenters. The predicted molar refractivity (Wildman–Crippen MR) is 71.3 cm³/mol. The van der Waals surface area contributed by atoms with Gasteiger partial charge in [0.1, 0.15) is 10.8 Å². The van der Waals surface area contributed by atoms with E-state index in [9.17, 15) is 4.39 Å². The summed E-state index contributed by atoms with van der Waals surface area (Å²) in [6.45, 7) is 1.86. The number of thiocarbonyl (C=S) groups is 1. The van der Waals surface area contributed by atoms with Gasteiger partial charge >= 0.3 is 0 Å². The van der Waals surface area contributed by atoms with Crippen molar-refractivity contribution in [2.75, 3.05) is 13.6 Å². The Bertz CT molecular complexity index is 429. The zero-order valence-electron chi connectivity index (χ0n) is 9.95. The lowest BCUT2D eigenvalue weighted by atomic mass is 10.1. The van der Waals surface area contributed by atoms with Crippen molar-refractivity contribution in [2.45, 2.75) is 19.4 Å². The van der Waals surface area contributed by atoms with Gasteiger partial charge in [0, 0.05) is 18.7 Å². The summed E-state index contributed by atoms with van der Waals surface area (Å²) in [5.74, 6) is 0.551. The summed E-state index contributed by atoms with van der Waals surface area (Å²) in [4.78, 5) is 2.51. The minimum atomic E-state index is -0.290. The van der Waals surface area contributed by atoms with Gasteiger partial charge in [-0.2, -0.15) is 0 Å². The van der Waals surface area contributed by atoms with Gasteiger partial charge < -0.3 is 10.6 Å². The highest BCUT2D eigenvalue weighted by molar-refractivity contribution is 7.80. The smallest absolute Gasteiger partial charge is 0.123 e. The molecule has 1 aliphatic rings. The van der Waals surface area contributed by atoms with E-state index in [1.54, 1.807) is 6.07 Å². The fourth-order valence-corrected chi connectivity index (χ4v) is 2.20. The van der Waals surface area contributed by atoms with Crippen LogP contribution in [0.25, 0.3) is 0 Å². The Kier molecular flexibility index (Phi) is 3.74. The van der Waals surface area contributed by atoms with Crippen LogP contribution in [0.1, 0.15) is 24.0 Å². The van der Waals surface area contributed by atoms with Gasteiger partial charge in [0.2, 0.25) is 0 Å². The monoisotopic (exact) mass is 252 g/mol. The quantitative estimate of drug-likeness (QED) is 0.815. The number of nitrogens with zero attached hydrogens (tertiary/aromatic N) is 1. The van der Waals surface area contributed by atoms with E-state index in [1.165, 1.54) is 25.0 Å². The van der Waals surface area contributed by atoms with Crippen molar-refractivity contribution in [3.8, 4) is 0 Å². The molecule has 0 saturated heterocycles. The van der Waals surface area contributed by atoms with Crippen molar-refractivity contribution in [1.29, 1.82) is 0 Å². The van der Waals surface area contributed by atoms with Gasteiger partial charge in [-0.3, -0.25) is 0 Å². The molecule has 1 aromatic rings. The van der Waals surface area contributed by atoms with Crippen molar-refractivity contribution in [2.24, 2.45) is 11.7 Å². The summed E-state index contributed by atoms with van der Waals surface area (Å²) >= 11 is 4.95. The fraction of sp³-hybridized carbons (Fsp3) is 0.462. The second kappa shape index (κ2) is 5.10. The topological polar surface area (TPSA) is 29.3 Å². The Hall–Kier alpha value is -1.00. The van der Waals surface area contributed by atoms with Crippen molar-refractivity contribution >= 4 is 17.2 Å². The first kappa shape index (κ1) is 12.5. The van der Waals surface area contributed by atoms with E-state index in [0.717, 1.165) is 24.6 Å². The number of rotatable bonds is 5. The van der Waals surface area contributed by atoms with Gasteiger partial charge in [-0.25, -0.2) is 4.39 Å². The molecule has 2 N–H and O–H groups in total. The Morgan fingerprint density at radius 2 is 2.24 bits per heavy atom. The molecule has 92 valence electrons. The maximum Gasteiger partial charge on any atom is 0.123 e. The number of hydrogen-bond acceptors (Lipinski definition) is 2. The summed E-state index contributed by atoms with van der Waals surface area (Å²) in [5, 5.41) is 0. The van der Waals surface area contributed by atoms with E-state index in [0.29, 0.717) is 5.56 Å². The van der Waals surface area contributed by atoms with Crippen LogP contribution in [-0.2, 0) is 6.54 Å². The molecule has 4 heteroatoms. The molecular formula is C13H17FN2S. The lowest BCUT2D eigenvalue weighted by Gasteiger charge is -2.18. The molecule has 0 radical (unpaired) electrons. The highest BCUT2D eigenvalue weighted by Crippen LogP contribution is 2.29.